The van der Waals surface area contributed by atoms with Crippen molar-refractivity contribution in [2.75, 3.05) is 0 Å². The van der Waals surface area contributed by atoms with Gasteiger partial charge < -0.3 is 5.11 Å². The minimum Gasteiger partial charge on any atom is -0.476 e. The third kappa shape index (κ3) is 1.23. The second kappa shape index (κ2) is 3.12. The minimum absolute atomic E-state index is 0.234. The zero-order chi connectivity index (χ0) is 11.1. The van der Waals surface area contributed by atoms with E-state index in [1.807, 2.05) is 0 Å². The molecule has 0 radical (unpaired) electrons. The summed E-state index contributed by atoms with van der Waals surface area (Å²) in [5, 5.41) is 9.14. The first kappa shape index (κ1) is 9.76. The van der Waals surface area contributed by atoms with Gasteiger partial charge in [-0.2, -0.15) is 4.58 Å². The van der Waals surface area contributed by atoms with Crippen LogP contribution in [-0.4, -0.2) is 39.0 Å². The first-order valence-electron chi connectivity index (χ1n) is 4.64. The van der Waals surface area contributed by atoms with Crippen molar-refractivity contribution >= 4 is 23.8 Å². The van der Waals surface area contributed by atoms with Crippen LogP contribution in [0.15, 0.2) is 12.3 Å². The molecule has 2 aliphatic rings. The molecule has 15 heavy (non-hydrogen) atoms. The van der Waals surface area contributed by atoms with Crippen LogP contribution in [0.5, 0.6) is 0 Å². The molecule has 0 saturated heterocycles. The lowest BCUT2D eigenvalue weighted by molar-refractivity contribution is -0.508. The Morgan fingerprint density at radius 3 is 2.60 bits per heavy atom. The smallest absolute Gasteiger partial charge is 0.385 e. The van der Waals surface area contributed by atoms with E-state index in [2.05, 4.69) is 0 Å². The van der Waals surface area contributed by atoms with E-state index in [0.29, 0.717) is 6.42 Å². The zero-order valence-electron chi connectivity index (χ0n) is 7.97. The largest absolute Gasteiger partial charge is 0.476 e. The van der Waals surface area contributed by atoms with E-state index in [4.69, 9.17) is 5.11 Å². The molecule has 1 N–H and O–H groups in total. The number of carbonyl (C=O) groups excluding carboxylic acids is 2. The normalized spacial score (nSPS) is 29.7. The zero-order valence-corrected chi connectivity index (χ0v) is 7.97. The molecule has 5 nitrogen and oxygen atoms in total. The van der Waals surface area contributed by atoms with Crippen LogP contribution in [0.3, 0.4) is 0 Å². The lowest BCUT2D eigenvalue weighted by Crippen LogP contribution is -2.51. The molecule has 1 atom stereocenters. The molecule has 1 aliphatic carbocycles. The summed E-state index contributed by atoms with van der Waals surface area (Å²) in [5.41, 5.74) is -1.68. The van der Waals surface area contributed by atoms with Gasteiger partial charge in [0.25, 0.3) is 0 Å². The highest BCUT2D eigenvalue weighted by Gasteiger charge is 2.62. The van der Waals surface area contributed by atoms with Crippen LogP contribution in [0.2, 0.25) is 0 Å². The molecule has 0 spiro atoms. The van der Waals surface area contributed by atoms with Crippen LogP contribution >= 0.6 is 0 Å². The van der Waals surface area contributed by atoms with Gasteiger partial charge in [0.15, 0.2) is 12.4 Å². The number of hydrogen-bond acceptors (Lipinski definition) is 3. The van der Waals surface area contributed by atoms with E-state index in [1.165, 1.54) is 4.58 Å². The SMILES string of the molecule is O=C1CC(=O)C(C(=O)O)([N+]2=CCC=C2)C1. The number of carboxylic acid groups (broad SMARTS) is 1. The second-order valence-electron chi connectivity index (χ2n) is 3.69. The fourth-order valence-electron chi connectivity index (χ4n) is 2.01. The Bertz CT molecular complexity index is 421. The first-order valence-corrected chi connectivity index (χ1v) is 4.64. The molecule has 0 aromatic rings. The number of allylic oxidation sites excluding steroid dienone is 1. The molecule has 5 heteroatoms. The number of hydrogen-bond donors (Lipinski definition) is 1. The van der Waals surface area contributed by atoms with Crippen LogP contribution in [0.1, 0.15) is 19.3 Å². The highest BCUT2D eigenvalue weighted by Crippen LogP contribution is 2.29. The summed E-state index contributed by atoms with van der Waals surface area (Å²) < 4.78 is 1.35. The van der Waals surface area contributed by atoms with E-state index in [0.717, 1.165) is 0 Å². The van der Waals surface area contributed by atoms with Crippen molar-refractivity contribution in [2.45, 2.75) is 24.8 Å². The van der Waals surface area contributed by atoms with Gasteiger partial charge in [-0.3, -0.25) is 9.59 Å². The topological polar surface area (TPSA) is 74.5 Å². The highest BCUT2D eigenvalue weighted by atomic mass is 16.4. The quantitative estimate of drug-likeness (QED) is 0.501. The Balaban J connectivity index is 2.50. The van der Waals surface area contributed by atoms with Gasteiger partial charge in [0.1, 0.15) is 5.78 Å². The van der Waals surface area contributed by atoms with Crippen LogP contribution in [-0.2, 0) is 14.4 Å². The van der Waals surface area contributed by atoms with Gasteiger partial charge in [0.05, 0.1) is 12.8 Å². The first-order chi connectivity index (χ1) is 7.07. The van der Waals surface area contributed by atoms with E-state index >= 15 is 0 Å². The molecule has 0 bridgehead atoms. The van der Waals surface area contributed by atoms with Crippen LogP contribution < -0.4 is 0 Å². The second-order valence-corrected chi connectivity index (χ2v) is 3.69. The molecule has 0 aromatic heterocycles. The standard InChI is InChI=1S/C10H9NO4/c12-7-5-8(13)10(6-7,9(14)15)11-3-1-2-4-11/h1,3-4H,2,5-6H2/p+1. The van der Waals surface area contributed by atoms with Crippen molar-refractivity contribution in [3.8, 4) is 0 Å². The minimum atomic E-state index is -1.68. The van der Waals surface area contributed by atoms with E-state index in [1.54, 1.807) is 18.5 Å². The van der Waals surface area contributed by atoms with Gasteiger partial charge in [-0.05, 0) is 6.08 Å². The summed E-state index contributed by atoms with van der Waals surface area (Å²) in [7, 11) is 0. The van der Waals surface area contributed by atoms with Crippen molar-refractivity contribution < 1.29 is 24.1 Å². The lowest BCUT2D eigenvalue weighted by atomic mass is 9.96. The maximum atomic E-state index is 11.6. The fourth-order valence-corrected chi connectivity index (χ4v) is 2.01. The molecule has 2 rings (SSSR count). The Morgan fingerprint density at radius 1 is 1.47 bits per heavy atom. The molecule has 1 fully saturated rings. The van der Waals surface area contributed by atoms with Crippen LogP contribution in [0.4, 0.5) is 0 Å². The maximum Gasteiger partial charge on any atom is 0.385 e. The summed E-state index contributed by atoms with van der Waals surface area (Å²) in [6.07, 6.45) is 5.00. The van der Waals surface area contributed by atoms with Gasteiger partial charge in [-0.1, -0.05) is 0 Å². The Labute approximate surface area is 85.7 Å². The molecule has 1 heterocycles. The third-order valence-electron chi connectivity index (χ3n) is 2.77. The maximum absolute atomic E-state index is 11.6. The van der Waals surface area contributed by atoms with Crippen LogP contribution in [0.25, 0.3) is 0 Å². The summed E-state index contributed by atoms with van der Waals surface area (Å²) in [6.45, 7) is 0. The predicted molar refractivity (Wildman–Crippen MR) is 49.7 cm³/mol. The molecule has 0 aromatic carbocycles. The lowest BCUT2D eigenvalue weighted by Gasteiger charge is -2.15. The van der Waals surface area contributed by atoms with Crippen molar-refractivity contribution in [3.63, 3.8) is 0 Å². The number of aliphatic carboxylic acids is 1. The highest BCUT2D eigenvalue weighted by molar-refractivity contribution is 6.20. The van der Waals surface area contributed by atoms with Crippen LogP contribution in [0, 0.1) is 0 Å². The number of carbonyl (C=O) groups is 3. The molecule has 1 aliphatic heterocycles. The van der Waals surface area contributed by atoms with Gasteiger partial charge in [-0.15, -0.1) is 0 Å². The molecular formula is C10H10NO4+. The van der Waals surface area contributed by atoms with Gasteiger partial charge >= 0.3 is 11.5 Å². The Kier molecular flexibility index (Phi) is 2.03. The van der Waals surface area contributed by atoms with E-state index in [-0.39, 0.29) is 18.6 Å². The molecule has 0 amide bonds. The molecule has 1 saturated carbocycles. The number of rotatable bonds is 2. The van der Waals surface area contributed by atoms with Gasteiger partial charge in [0, 0.05) is 6.42 Å². The van der Waals surface area contributed by atoms with Crippen molar-refractivity contribution in [2.24, 2.45) is 0 Å². The van der Waals surface area contributed by atoms with E-state index in [9.17, 15) is 14.4 Å². The monoisotopic (exact) mass is 208 g/mol. The number of Topliss-reactive ketones (excluding diaryl/α,β-unsaturated/α-hetero) is 2. The number of nitrogens with zero attached hydrogens (tertiary/aromatic N) is 1. The predicted octanol–water partition coefficient (Wildman–Crippen LogP) is -0.258. The molecular weight excluding hydrogens is 198 g/mol. The van der Waals surface area contributed by atoms with E-state index < -0.39 is 17.3 Å². The summed E-state index contributed by atoms with van der Waals surface area (Å²) in [4.78, 5) is 34.0. The average Bonchev–Trinajstić information content (AvgIpc) is 2.72. The Morgan fingerprint density at radius 2 is 2.20 bits per heavy atom. The molecule has 78 valence electrons. The Hall–Kier alpha value is -1.78. The van der Waals surface area contributed by atoms with Crippen molar-refractivity contribution in [1.82, 2.24) is 0 Å². The van der Waals surface area contributed by atoms with Gasteiger partial charge in [-0.25, -0.2) is 4.79 Å². The third-order valence-corrected chi connectivity index (χ3v) is 2.77. The van der Waals surface area contributed by atoms with Gasteiger partial charge in [0.2, 0.25) is 5.78 Å². The number of ketones is 2. The summed E-state index contributed by atoms with van der Waals surface area (Å²) in [5.74, 6) is -2.08. The fraction of sp³-hybridized carbons (Fsp3) is 0.400. The van der Waals surface area contributed by atoms with Crippen molar-refractivity contribution in [1.29, 1.82) is 0 Å². The molecule has 1 unspecified atom stereocenters. The van der Waals surface area contributed by atoms with Crippen molar-refractivity contribution in [3.05, 3.63) is 12.3 Å². The summed E-state index contributed by atoms with van der Waals surface area (Å²) >= 11 is 0. The number of carboxylic acids is 1. The average molecular weight is 208 g/mol. The summed E-state index contributed by atoms with van der Waals surface area (Å²) in [6, 6.07) is 0.